The maximum absolute atomic E-state index is 8.74. The Morgan fingerprint density at radius 2 is 1.90 bits per heavy atom. The molecule has 0 aromatic rings. The summed E-state index contributed by atoms with van der Waals surface area (Å²) in [5.41, 5.74) is 5.60. The molecule has 0 aromatic carbocycles. The molecule has 0 aromatic heterocycles. The van der Waals surface area contributed by atoms with Crippen molar-refractivity contribution in [3.63, 3.8) is 0 Å². The van der Waals surface area contributed by atoms with Gasteiger partial charge in [-0.2, -0.15) is 0 Å². The van der Waals surface area contributed by atoms with Crippen molar-refractivity contribution in [2.24, 2.45) is 5.73 Å². The highest BCUT2D eigenvalue weighted by molar-refractivity contribution is 4.79. The van der Waals surface area contributed by atoms with Crippen molar-refractivity contribution >= 4 is 0 Å². The molecular formula is C7H17N2O+. The second-order valence-corrected chi connectivity index (χ2v) is 3.21. The fraction of sp³-hybridized carbons (Fsp3) is 1.00. The van der Waals surface area contributed by atoms with Gasteiger partial charge in [0.1, 0.15) is 25.3 Å². The first-order valence-corrected chi connectivity index (χ1v) is 3.86. The van der Waals surface area contributed by atoms with E-state index in [0.29, 0.717) is 18.8 Å². The van der Waals surface area contributed by atoms with Gasteiger partial charge in [-0.15, -0.1) is 0 Å². The zero-order chi connectivity index (χ0) is 7.78. The maximum Gasteiger partial charge on any atom is 0.140 e. The molecule has 3 heteroatoms. The number of rotatable bonds is 3. The molecule has 2 unspecified atom stereocenters. The molecular weight excluding hydrogens is 128 g/mol. The van der Waals surface area contributed by atoms with Crippen molar-refractivity contribution in [3.05, 3.63) is 0 Å². The van der Waals surface area contributed by atoms with E-state index in [1.165, 1.54) is 0 Å². The third-order valence-corrected chi connectivity index (χ3v) is 3.09. The van der Waals surface area contributed by atoms with E-state index in [9.17, 15) is 0 Å². The summed E-state index contributed by atoms with van der Waals surface area (Å²) in [5, 5.41) is 8.74. The van der Waals surface area contributed by atoms with Gasteiger partial charge in [-0.1, -0.05) is 0 Å². The van der Waals surface area contributed by atoms with E-state index in [1.807, 2.05) is 0 Å². The lowest BCUT2D eigenvalue weighted by Crippen LogP contribution is -2.38. The van der Waals surface area contributed by atoms with Gasteiger partial charge in [0.05, 0.1) is 6.61 Å². The molecule has 0 radical (unpaired) electrons. The summed E-state index contributed by atoms with van der Waals surface area (Å²) in [6.07, 6.45) is 0. The smallest absolute Gasteiger partial charge is 0.140 e. The molecule has 0 bridgehead atoms. The minimum atomic E-state index is 0.256. The first-order chi connectivity index (χ1) is 4.69. The number of hydrogen-bond acceptors (Lipinski definition) is 2. The Morgan fingerprint density at radius 3 is 2.00 bits per heavy atom. The SMILES string of the molecule is CC1C(C)[N+]1(CN)CCO. The van der Waals surface area contributed by atoms with Crippen LogP contribution in [0.4, 0.5) is 0 Å². The minimum absolute atomic E-state index is 0.256. The van der Waals surface area contributed by atoms with Gasteiger partial charge in [0.15, 0.2) is 0 Å². The van der Waals surface area contributed by atoms with Crippen LogP contribution in [-0.2, 0) is 0 Å². The number of hydrogen-bond donors (Lipinski definition) is 2. The quantitative estimate of drug-likeness (QED) is 0.415. The first-order valence-electron chi connectivity index (χ1n) is 3.86. The van der Waals surface area contributed by atoms with Gasteiger partial charge in [0, 0.05) is 0 Å². The summed E-state index contributed by atoms with van der Waals surface area (Å²) in [7, 11) is 0. The first kappa shape index (κ1) is 7.98. The van der Waals surface area contributed by atoms with Crippen LogP contribution in [0.1, 0.15) is 13.8 Å². The predicted octanol–water partition coefficient (Wildman–Crippen LogP) is -0.498. The molecule has 2 atom stereocenters. The largest absolute Gasteiger partial charge is 0.391 e. The number of quaternary nitrogens is 1. The van der Waals surface area contributed by atoms with Crippen LogP contribution < -0.4 is 5.73 Å². The van der Waals surface area contributed by atoms with Crippen LogP contribution in [0.15, 0.2) is 0 Å². The van der Waals surface area contributed by atoms with Gasteiger partial charge < -0.3 is 5.11 Å². The van der Waals surface area contributed by atoms with Crippen molar-refractivity contribution in [3.8, 4) is 0 Å². The highest BCUT2D eigenvalue weighted by Crippen LogP contribution is 2.37. The van der Waals surface area contributed by atoms with Crippen molar-refractivity contribution in [2.75, 3.05) is 19.8 Å². The Kier molecular flexibility index (Phi) is 1.99. The average molecular weight is 145 g/mol. The molecule has 1 saturated heterocycles. The minimum Gasteiger partial charge on any atom is -0.391 e. The number of aliphatic hydroxyl groups is 1. The number of aliphatic hydroxyl groups excluding tert-OH is 1. The normalized spacial score (nSPS) is 45.6. The van der Waals surface area contributed by atoms with Crippen LogP contribution in [-0.4, -0.2) is 41.5 Å². The molecule has 3 N–H and O–H groups in total. The summed E-state index contributed by atoms with van der Waals surface area (Å²) < 4.78 is 0.913. The summed E-state index contributed by atoms with van der Waals surface area (Å²) in [5.74, 6) is 0. The van der Waals surface area contributed by atoms with E-state index in [0.717, 1.165) is 11.0 Å². The topological polar surface area (TPSA) is 46.2 Å². The van der Waals surface area contributed by atoms with Crippen LogP contribution in [0.25, 0.3) is 0 Å². The van der Waals surface area contributed by atoms with Crippen molar-refractivity contribution in [1.82, 2.24) is 0 Å². The Hall–Kier alpha value is -0.120. The van der Waals surface area contributed by atoms with Gasteiger partial charge in [0.2, 0.25) is 0 Å². The Morgan fingerprint density at radius 1 is 1.40 bits per heavy atom. The van der Waals surface area contributed by atoms with Gasteiger partial charge >= 0.3 is 0 Å². The monoisotopic (exact) mass is 145 g/mol. The third-order valence-electron chi connectivity index (χ3n) is 3.09. The van der Waals surface area contributed by atoms with E-state index in [1.54, 1.807) is 0 Å². The van der Waals surface area contributed by atoms with Crippen LogP contribution >= 0.6 is 0 Å². The Balaban J connectivity index is 2.48. The van der Waals surface area contributed by atoms with Gasteiger partial charge in [-0.25, -0.2) is 0 Å². The Bertz CT molecular complexity index is 119. The summed E-state index contributed by atoms with van der Waals surface area (Å²) in [6.45, 7) is 6.12. The van der Waals surface area contributed by atoms with E-state index in [4.69, 9.17) is 10.8 Å². The van der Waals surface area contributed by atoms with Crippen LogP contribution in [0.5, 0.6) is 0 Å². The zero-order valence-electron chi connectivity index (χ0n) is 6.75. The highest BCUT2D eigenvalue weighted by Gasteiger charge is 2.58. The average Bonchev–Trinajstić information content (AvgIpc) is 2.43. The Labute approximate surface area is 62.0 Å². The lowest BCUT2D eigenvalue weighted by molar-refractivity contribution is -0.825. The molecule has 3 nitrogen and oxygen atoms in total. The summed E-state index contributed by atoms with van der Waals surface area (Å²) in [6, 6.07) is 1.30. The molecule has 0 aliphatic carbocycles. The standard InChI is InChI=1S/C7H17N2O/c1-6-7(2)9(6,5-8)3-4-10/h6-7,10H,3-5,8H2,1-2H3/q+1. The van der Waals surface area contributed by atoms with E-state index in [-0.39, 0.29) is 6.61 Å². The van der Waals surface area contributed by atoms with Crippen LogP contribution in [0.2, 0.25) is 0 Å². The third kappa shape index (κ3) is 0.856. The van der Waals surface area contributed by atoms with E-state index in [2.05, 4.69) is 13.8 Å². The lowest BCUT2D eigenvalue weighted by atomic mass is 10.4. The molecule has 60 valence electrons. The van der Waals surface area contributed by atoms with Gasteiger partial charge in [-0.05, 0) is 13.8 Å². The molecule has 1 rings (SSSR count). The fourth-order valence-corrected chi connectivity index (χ4v) is 1.85. The maximum atomic E-state index is 8.74. The highest BCUT2D eigenvalue weighted by atomic mass is 16.3. The second-order valence-electron chi connectivity index (χ2n) is 3.21. The molecule has 1 fully saturated rings. The molecule has 0 spiro atoms. The molecule has 0 saturated carbocycles. The van der Waals surface area contributed by atoms with Crippen molar-refractivity contribution in [2.45, 2.75) is 25.9 Å². The molecule has 1 aliphatic heterocycles. The molecule has 1 heterocycles. The number of nitrogens with zero attached hydrogens (tertiary/aromatic N) is 1. The second kappa shape index (κ2) is 2.49. The van der Waals surface area contributed by atoms with Gasteiger partial charge in [0.25, 0.3) is 0 Å². The molecule has 10 heavy (non-hydrogen) atoms. The fourth-order valence-electron chi connectivity index (χ4n) is 1.85. The molecule has 0 amide bonds. The van der Waals surface area contributed by atoms with Crippen LogP contribution in [0, 0.1) is 0 Å². The number of nitrogens with two attached hydrogens (primary N) is 1. The lowest BCUT2D eigenvalue weighted by Gasteiger charge is -2.16. The van der Waals surface area contributed by atoms with Crippen LogP contribution in [0.3, 0.4) is 0 Å². The van der Waals surface area contributed by atoms with E-state index < -0.39 is 0 Å². The van der Waals surface area contributed by atoms with Crippen molar-refractivity contribution in [1.29, 1.82) is 0 Å². The predicted molar refractivity (Wildman–Crippen MR) is 40.2 cm³/mol. The zero-order valence-corrected chi connectivity index (χ0v) is 6.75. The molecule has 1 aliphatic rings. The van der Waals surface area contributed by atoms with Crippen molar-refractivity contribution < 1.29 is 9.59 Å². The summed E-state index contributed by atoms with van der Waals surface area (Å²) >= 11 is 0. The van der Waals surface area contributed by atoms with E-state index >= 15 is 0 Å². The van der Waals surface area contributed by atoms with Gasteiger partial charge in [-0.3, -0.25) is 10.2 Å². The summed E-state index contributed by atoms with van der Waals surface area (Å²) in [4.78, 5) is 0.